The van der Waals surface area contributed by atoms with Crippen molar-refractivity contribution in [3.05, 3.63) is 0 Å². The minimum absolute atomic E-state index is 0.0559. The summed E-state index contributed by atoms with van der Waals surface area (Å²) in [4.78, 5) is 24.8. The topological polar surface area (TPSA) is 76.1 Å². The van der Waals surface area contributed by atoms with Crippen molar-refractivity contribution in [1.82, 2.24) is 4.90 Å². The molecule has 19 heavy (non-hydrogen) atoms. The Kier molecular flexibility index (Phi) is 4.76. The summed E-state index contributed by atoms with van der Waals surface area (Å²) in [6, 6.07) is 0. The van der Waals surface area contributed by atoms with Gasteiger partial charge in [0.1, 0.15) is 6.10 Å². The predicted molar refractivity (Wildman–Crippen MR) is 66.7 cm³/mol. The van der Waals surface area contributed by atoms with Gasteiger partial charge in [-0.15, -0.1) is 0 Å². The van der Waals surface area contributed by atoms with E-state index in [0.29, 0.717) is 31.8 Å². The van der Waals surface area contributed by atoms with Crippen molar-refractivity contribution in [2.24, 2.45) is 5.92 Å². The van der Waals surface area contributed by atoms with Crippen molar-refractivity contribution in [2.45, 2.75) is 37.9 Å². The second-order valence-corrected chi connectivity index (χ2v) is 5.25. The van der Waals surface area contributed by atoms with Crippen LogP contribution in [0, 0.1) is 5.92 Å². The number of aliphatic carboxylic acids is 1. The molecule has 0 radical (unpaired) electrons. The van der Waals surface area contributed by atoms with Gasteiger partial charge in [-0.3, -0.25) is 4.79 Å². The van der Waals surface area contributed by atoms with Crippen molar-refractivity contribution in [3.8, 4) is 0 Å². The summed E-state index contributed by atoms with van der Waals surface area (Å²) < 4.78 is 10.4. The first kappa shape index (κ1) is 14.3. The second kappa shape index (κ2) is 6.34. The normalized spacial score (nSPS) is 28.6. The molecule has 0 aromatic rings. The number of amides is 1. The average molecular weight is 271 g/mol. The monoisotopic (exact) mass is 271 g/mol. The maximum atomic E-state index is 12.2. The number of likely N-dealkylation sites (tertiary alicyclic amines) is 1. The Hall–Kier alpha value is -1.14. The zero-order valence-corrected chi connectivity index (χ0v) is 11.2. The van der Waals surface area contributed by atoms with Gasteiger partial charge in [0.2, 0.25) is 0 Å². The third-order valence-corrected chi connectivity index (χ3v) is 3.90. The van der Waals surface area contributed by atoms with Gasteiger partial charge >= 0.3 is 5.97 Å². The number of hydrogen-bond acceptors (Lipinski definition) is 4. The highest BCUT2D eigenvalue weighted by Crippen LogP contribution is 2.24. The Balaban J connectivity index is 1.80. The van der Waals surface area contributed by atoms with Gasteiger partial charge in [-0.1, -0.05) is 0 Å². The zero-order valence-electron chi connectivity index (χ0n) is 11.2. The maximum Gasteiger partial charge on any atom is 0.332 e. The molecule has 2 aliphatic heterocycles. The summed E-state index contributed by atoms with van der Waals surface area (Å²) in [6.45, 7) is 2.16. The maximum absolute atomic E-state index is 12.2. The van der Waals surface area contributed by atoms with E-state index < -0.39 is 18.2 Å². The number of piperidine rings is 1. The van der Waals surface area contributed by atoms with Gasteiger partial charge in [0.15, 0.2) is 6.10 Å². The van der Waals surface area contributed by atoms with Crippen LogP contribution in [0.5, 0.6) is 0 Å². The van der Waals surface area contributed by atoms with Crippen LogP contribution in [0.25, 0.3) is 0 Å². The molecule has 2 saturated heterocycles. The van der Waals surface area contributed by atoms with E-state index in [9.17, 15) is 9.59 Å². The molecule has 2 atom stereocenters. The molecule has 6 heteroatoms. The third kappa shape index (κ3) is 3.45. The molecule has 2 heterocycles. The van der Waals surface area contributed by atoms with Crippen LogP contribution in [0.4, 0.5) is 0 Å². The number of carboxylic acid groups (broad SMARTS) is 1. The van der Waals surface area contributed by atoms with Crippen molar-refractivity contribution in [2.75, 3.05) is 26.8 Å². The molecule has 0 aromatic heterocycles. The SMILES string of the molecule is COCC1CCN(C(=O)C2CCC(C(=O)O)O2)CC1. The summed E-state index contributed by atoms with van der Waals surface area (Å²) in [5.41, 5.74) is 0. The first-order valence-electron chi connectivity index (χ1n) is 6.77. The smallest absolute Gasteiger partial charge is 0.332 e. The van der Waals surface area contributed by atoms with E-state index >= 15 is 0 Å². The number of rotatable bonds is 4. The van der Waals surface area contributed by atoms with Gasteiger partial charge in [-0.05, 0) is 31.6 Å². The molecule has 2 fully saturated rings. The van der Waals surface area contributed by atoms with Gasteiger partial charge < -0.3 is 19.5 Å². The van der Waals surface area contributed by atoms with Crippen LogP contribution < -0.4 is 0 Å². The van der Waals surface area contributed by atoms with Crippen molar-refractivity contribution < 1.29 is 24.2 Å². The summed E-state index contributed by atoms with van der Waals surface area (Å²) in [6.07, 6.45) is 1.42. The summed E-state index contributed by atoms with van der Waals surface area (Å²) in [5, 5.41) is 8.85. The predicted octanol–water partition coefficient (Wildman–Crippen LogP) is 0.504. The van der Waals surface area contributed by atoms with Gasteiger partial charge in [0, 0.05) is 26.8 Å². The number of ether oxygens (including phenoxy) is 2. The second-order valence-electron chi connectivity index (χ2n) is 5.25. The highest BCUT2D eigenvalue weighted by Gasteiger charge is 2.37. The Morgan fingerprint density at radius 1 is 1.21 bits per heavy atom. The van der Waals surface area contributed by atoms with E-state index in [-0.39, 0.29) is 5.91 Å². The zero-order chi connectivity index (χ0) is 13.8. The first-order valence-corrected chi connectivity index (χ1v) is 6.77. The molecule has 0 spiro atoms. The highest BCUT2D eigenvalue weighted by molar-refractivity contribution is 5.82. The Morgan fingerprint density at radius 2 is 1.84 bits per heavy atom. The lowest BCUT2D eigenvalue weighted by Crippen LogP contribution is -2.44. The molecule has 2 rings (SSSR count). The Morgan fingerprint density at radius 3 is 2.37 bits per heavy atom. The lowest BCUT2D eigenvalue weighted by atomic mass is 9.97. The molecule has 6 nitrogen and oxygen atoms in total. The van der Waals surface area contributed by atoms with E-state index in [2.05, 4.69) is 0 Å². The largest absolute Gasteiger partial charge is 0.479 e. The van der Waals surface area contributed by atoms with Crippen LogP contribution in [0.15, 0.2) is 0 Å². The lowest BCUT2D eigenvalue weighted by Gasteiger charge is -2.33. The summed E-state index contributed by atoms with van der Waals surface area (Å²) in [7, 11) is 1.69. The van der Waals surface area contributed by atoms with Crippen LogP contribution in [0.3, 0.4) is 0 Å². The number of hydrogen-bond donors (Lipinski definition) is 1. The van der Waals surface area contributed by atoms with Gasteiger partial charge in [-0.25, -0.2) is 4.79 Å². The van der Waals surface area contributed by atoms with E-state index in [4.69, 9.17) is 14.6 Å². The summed E-state index contributed by atoms with van der Waals surface area (Å²) >= 11 is 0. The molecule has 0 saturated carbocycles. The molecule has 2 aliphatic rings. The van der Waals surface area contributed by atoms with Crippen LogP contribution in [-0.4, -0.2) is 60.9 Å². The minimum Gasteiger partial charge on any atom is -0.479 e. The van der Waals surface area contributed by atoms with E-state index in [0.717, 1.165) is 19.4 Å². The van der Waals surface area contributed by atoms with Crippen LogP contribution >= 0.6 is 0 Å². The number of carbonyl (C=O) groups excluding carboxylic acids is 1. The molecule has 108 valence electrons. The van der Waals surface area contributed by atoms with Gasteiger partial charge in [0.05, 0.1) is 0 Å². The number of nitrogens with zero attached hydrogens (tertiary/aromatic N) is 1. The van der Waals surface area contributed by atoms with E-state index in [1.165, 1.54) is 0 Å². The molecule has 0 aliphatic carbocycles. The summed E-state index contributed by atoms with van der Waals surface area (Å²) in [5.74, 6) is -0.515. The standard InChI is InChI=1S/C13H21NO5/c1-18-8-9-4-6-14(7-5-9)12(15)10-2-3-11(19-10)13(16)17/h9-11H,2-8H2,1H3,(H,16,17). The van der Waals surface area contributed by atoms with Crippen LogP contribution in [-0.2, 0) is 19.1 Å². The van der Waals surface area contributed by atoms with Crippen LogP contribution in [0.2, 0.25) is 0 Å². The minimum atomic E-state index is -0.978. The molecule has 0 bridgehead atoms. The van der Waals surface area contributed by atoms with E-state index in [1.807, 2.05) is 0 Å². The highest BCUT2D eigenvalue weighted by atomic mass is 16.5. The fourth-order valence-corrected chi connectivity index (χ4v) is 2.76. The molecule has 1 amide bonds. The fourth-order valence-electron chi connectivity index (χ4n) is 2.76. The number of methoxy groups -OCH3 is 1. The first-order chi connectivity index (χ1) is 9.11. The number of carboxylic acids is 1. The van der Waals surface area contributed by atoms with Crippen molar-refractivity contribution in [1.29, 1.82) is 0 Å². The van der Waals surface area contributed by atoms with Crippen LogP contribution in [0.1, 0.15) is 25.7 Å². The Bertz CT molecular complexity index is 338. The van der Waals surface area contributed by atoms with Crippen molar-refractivity contribution >= 4 is 11.9 Å². The quantitative estimate of drug-likeness (QED) is 0.806. The van der Waals surface area contributed by atoms with Crippen molar-refractivity contribution in [3.63, 3.8) is 0 Å². The third-order valence-electron chi connectivity index (χ3n) is 3.90. The molecule has 1 N–H and O–H groups in total. The molecule has 0 aromatic carbocycles. The lowest BCUT2D eigenvalue weighted by molar-refractivity contribution is -0.155. The van der Waals surface area contributed by atoms with Gasteiger partial charge in [-0.2, -0.15) is 0 Å². The molecular formula is C13H21NO5. The molecular weight excluding hydrogens is 250 g/mol. The molecule has 2 unspecified atom stereocenters. The van der Waals surface area contributed by atoms with E-state index in [1.54, 1.807) is 12.0 Å². The number of carbonyl (C=O) groups is 2. The Labute approximate surface area is 112 Å². The van der Waals surface area contributed by atoms with Gasteiger partial charge in [0.25, 0.3) is 5.91 Å². The average Bonchev–Trinajstić information content (AvgIpc) is 2.89. The fraction of sp³-hybridized carbons (Fsp3) is 0.846.